The standard InChI is InChI=1S/C27H27N3O2/c1-18-11-16-23(19(2)17-18)24-25(29(5)21-9-7-6-8-10-21)27(32)30(26(24)31)22-14-12-20(13-15-22)28(3)4/h6-17H,1-5H3. The van der Waals surface area contributed by atoms with Crippen LogP contribution in [0.2, 0.25) is 0 Å². The van der Waals surface area contributed by atoms with Gasteiger partial charge in [0.1, 0.15) is 5.70 Å². The molecule has 0 unspecified atom stereocenters. The Balaban J connectivity index is 1.87. The summed E-state index contributed by atoms with van der Waals surface area (Å²) < 4.78 is 0. The van der Waals surface area contributed by atoms with Crippen LogP contribution in [0.25, 0.3) is 5.57 Å². The van der Waals surface area contributed by atoms with E-state index in [4.69, 9.17) is 0 Å². The van der Waals surface area contributed by atoms with Crippen molar-refractivity contribution in [3.8, 4) is 0 Å². The summed E-state index contributed by atoms with van der Waals surface area (Å²) in [6.07, 6.45) is 0. The lowest BCUT2D eigenvalue weighted by Gasteiger charge is -2.22. The summed E-state index contributed by atoms with van der Waals surface area (Å²) in [5.74, 6) is -0.633. The highest BCUT2D eigenvalue weighted by Gasteiger charge is 2.42. The van der Waals surface area contributed by atoms with Crippen LogP contribution in [-0.2, 0) is 9.59 Å². The molecule has 3 aromatic carbocycles. The molecular weight excluding hydrogens is 398 g/mol. The summed E-state index contributed by atoms with van der Waals surface area (Å²) in [4.78, 5) is 32.5. The predicted octanol–water partition coefficient (Wildman–Crippen LogP) is 4.79. The molecule has 0 aliphatic carbocycles. The normalized spacial score (nSPS) is 13.7. The Morgan fingerprint density at radius 3 is 1.97 bits per heavy atom. The molecule has 3 aromatic rings. The fraction of sp³-hybridized carbons (Fsp3) is 0.185. The smallest absolute Gasteiger partial charge is 0.282 e. The second kappa shape index (κ2) is 8.35. The third kappa shape index (κ3) is 3.66. The van der Waals surface area contributed by atoms with E-state index in [-0.39, 0.29) is 11.8 Å². The quantitative estimate of drug-likeness (QED) is 0.552. The van der Waals surface area contributed by atoms with Gasteiger partial charge in [-0.1, -0.05) is 42.0 Å². The van der Waals surface area contributed by atoms with Crippen LogP contribution in [0.15, 0.2) is 78.5 Å². The van der Waals surface area contributed by atoms with Gasteiger partial charge in [0.05, 0.1) is 11.3 Å². The molecule has 0 bridgehead atoms. The monoisotopic (exact) mass is 425 g/mol. The van der Waals surface area contributed by atoms with E-state index in [1.807, 2.05) is 118 Å². The van der Waals surface area contributed by atoms with Crippen LogP contribution < -0.4 is 14.7 Å². The van der Waals surface area contributed by atoms with Crippen molar-refractivity contribution >= 4 is 34.4 Å². The van der Waals surface area contributed by atoms with Crippen molar-refractivity contribution in [2.24, 2.45) is 0 Å². The van der Waals surface area contributed by atoms with Crippen molar-refractivity contribution in [3.63, 3.8) is 0 Å². The van der Waals surface area contributed by atoms with Crippen LogP contribution in [0.5, 0.6) is 0 Å². The van der Waals surface area contributed by atoms with Crippen molar-refractivity contribution in [2.75, 3.05) is 35.8 Å². The number of aryl methyl sites for hydroxylation is 2. The fourth-order valence-corrected chi connectivity index (χ4v) is 4.08. The number of carbonyl (C=O) groups excluding carboxylic acids is 2. The number of likely N-dealkylation sites (N-methyl/N-ethyl adjacent to an activating group) is 1. The van der Waals surface area contributed by atoms with Crippen molar-refractivity contribution in [2.45, 2.75) is 13.8 Å². The Morgan fingerprint density at radius 2 is 1.38 bits per heavy atom. The highest BCUT2D eigenvalue weighted by molar-refractivity contribution is 6.46. The maximum absolute atomic E-state index is 13.7. The van der Waals surface area contributed by atoms with Crippen LogP contribution in [0, 0.1) is 13.8 Å². The van der Waals surface area contributed by atoms with Crippen LogP contribution in [0.1, 0.15) is 16.7 Å². The molecule has 1 aliphatic heterocycles. The molecule has 0 spiro atoms. The Bertz CT molecular complexity index is 1210. The van der Waals surface area contributed by atoms with Crippen molar-refractivity contribution < 1.29 is 9.59 Å². The molecule has 0 saturated carbocycles. The molecule has 5 heteroatoms. The van der Waals surface area contributed by atoms with E-state index in [9.17, 15) is 9.59 Å². The van der Waals surface area contributed by atoms with Gasteiger partial charge in [0.2, 0.25) is 0 Å². The van der Waals surface area contributed by atoms with E-state index in [0.29, 0.717) is 17.0 Å². The minimum absolute atomic E-state index is 0.308. The van der Waals surface area contributed by atoms with Gasteiger partial charge in [-0.15, -0.1) is 0 Å². The average molecular weight is 426 g/mol. The molecule has 0 saturated heterocycles. The molecule has 162 valence electrons. The Labute approximate surface area is 189 Å². The zero-order valence-electron chi connectivity index (χ0n) is 19.1. The number of amides is 2. The van der Waals surface area contributed by atoms with E-state index >= 15 is 0 Å². The van der Waals surface area contributed by atoms with Gasteiger partial charge in [0.25, 0.3) is 11.8 Å². The maximum Gasteiger partial charge on any atom is 0.282 e. The number of hydrogen-bond donors (Lipinski definition) is 0. The zero-order chi connectivity index (χ0) is 23.0. The summed E-state index contributed by atoms with van der Waals surface area (Å²) in [5, 5.41) is 0. The van der Waals surface area contributed by atoms with Gasteiger partial charge in [-0.2, -0.15) is 0 Å². The number of nitrogens with zero attached hydrogens (tertiary/aromatic N) is 3. The highest BCUT2D eigenvalue weighted by atomic mass is 16.2. The average Bonchev–Trinajstić information content (AvgIpc) is 3.04. The van der Waals surface area contributed by atoms with Gasteiger partial charge in [-0.05, 0) is 61.4 Å². The number of para-hydroxylation sites is 1. The van der Waals surface area contributed by atoms with Crippen molar-refractivity contribution in [1.29, 1.82) is 0 Å². The molecule has 0 atom stereocenters. The fourth-order valence-electron chi connectivity index (χ4n) is 4.08. The van der Waals surface area contributed by atoms with Crippen LogP contribution in [0.4, 0.5) is 17.1 Å². The van der Waals surface area contributed by atoms with Crippen molar-refractivity contribution in [3.05, 3.63) is 95.2 Å². The molecule has 5 nitrogen and oxygen atoms in total. The number of carbonyl (C=O) groups is 2. The SMILES string of the molecule is Cc1ccc(C2=C(N(C)c3ccccc3)C(=O)N(c3ccc(N(C)C)cc3)C2=O)c(C)c1. The molecule has 0 radical (unpaired) electrons. The molecule has 2 amide bonds. The van der Waals surface area contributed by atoms with Gasteiger partial charge in [0.15, 0.2) is 0 Å². The van der Waals surface area contributed by atoms with Gasteiger partial charge in [0, 0.05) is 32.5 Å². The Morgan fingerprint density at radius 1 is 0.719 bits per heavy atom. The number of benzene rings is 3. The zero-order valence-corrected chi connectivity index (χ0v) is 19.1. The second-order valence-electron chi connectivity index (χ2n) is 8.29. The van der Waals surface area contributed by atoms with E-state index in [1.54, 1.807) is 0 Å². The molecule has 0 fully saturated rings. The second-order valence-corrected chi connectivity index (χ2v) is 8.29. The number of anilines is 3. The first-order chi connectivity index (χ1) is 15.3. The summed E-state index contributed by atoms with van der Waals surface area (Å²) in [7, 11) is 5.74. The first-order valence-corrected chi connectivity index (χ1v) is 10.6. The third-order valence-corrected chi connectivity index (χ3v) is 5.81. The van der Waals surface area contributed by atoms with Gasteiger partial charge >= 0.3 is 0 Å². The molecule has 1 aliphatic rings. The lowest BCUT2D eigenvalue weighted by atomic mass is 9.97. The van der Waals surface area contributed by atoms with E-state index < -0.39 is 0 Å². The molecule has 0 aromatic heterocycles. The Hall–Kier alpha value is -3.86. The van der Waals surface area contributed by atoms with Crippen LogP contribution in [0.3, 0.4) is 0 Å². The van der Waals surface area contributed by atoms with Crippen LogP contribution in [-0.4, -0.2) is 33.0 Å². The van der Waals surface area contributed by atoms with E-state index in [1.165, 1.54) is 4.90 Å². The number of rotatable bonds is 5. The molecular formula is C27H27N3O2. The lowest BCUT2D eigenvalue weighted by molar-refractivity contribution is -0.120. The van der Waals surface area contributed by atoms with Gasteiger partial charge in [-0.3, -0.25) is 9.59 Å². The Kier molecular flexibility index (Phi) is 5.57. The largest absolute Gasteiger partial charge is 0.378 e. The summed E-state index contributed by atoms with van der Waals surface area (Å²) in [6, 6.07) is 23.0. The summed E-state index contributed by atoms with van der Waals surface area (Å²) >= 11 is 0. The minimum Gasteiger partial charge on any atom is -0.378 e. The highest BCUT2D eigenvalue weighted by Crippen LogP contribution is 2.37. The number of hydrogen-bond acceptors (Lipinski definition) is 4. The molecule has 32 heavy (non-hydrogen) atoms. The van der Waals surface area contributed by atoms with E-state index in [2.05, 4.69) is 0 Å². The maximum atomic E-state index is 13.7. The predicted molar refractivity (Wildman–Crippen MR) is 131 cm³/mol. The molecule has 4 rings (SSSR count). The lowest BCUT2D eigenvalue weighted by Crippen LogP contribution is -2.34. The summed E-state index contributed by atoms with van der Waals surface area (Å²) in [5.41, 5.74) is 6.05. The number of imide groups is 1. The van der Waals surface area contributed by atoms with E-state index in [0.717, 1.165) is 28.1 Å². The van der Waals surface area contributed by atoms with Crippen LogP contribution >= 0.6 is 0 Å². The van der Waals surface area contributed by atoms with Gasteiger partial charge < -0.3 is 9.80 Å². The molecule has 1 heterocycles. The first kappa shape index (κ1) is 21.4. The molecule has 0 N–H and O–H groups in total. The minimum atomic E-state index is -0.325. The topological polar surface area (TPSA) is 43.9 Å². The third-order valence-electron chi connectivity index (χ3n) is 5.81. The van der Waals surface area contributed by atoms with Crippen molar-refractivity contribution in [1.82, 2.24) is 0 Å². The summed E-state index contributed by atoms with van der Waals surface area (Å²) in [6.45, 7) is 3.99. The van der Waals surface area contributed by atoms with Gasteiger partial charge in [-0.25, -0.2) is 4.90 Å². The first-order valence-electron chi connectivity index (χ1n) is 10.6.